The van der Waals surface area contributed by atoms with Gasteiger partial charge in [-0.05, 0) is 31.3 Å². The molecule has 0 aromatic heterocycles. The van der Waals surface area contributed by atoms with E-state index in [1.165, 1.54) is 39.4 Å². The van der Waals surface area contributed by atoms with Crippen molar-refractivity contribution in [1.29, 1.82) is 0 Å². The molecule has 1 aromatic carbocycles. The highest BCUT2D eigenvalue weighted by Gasteiger charge is 2.31. The van der Waals surface area contributed by atoms with Crippen LogP contribution in [-0.2, 0) is 25.4 Å². The van der Waals surface area contributed by atoms with E-state index in [0.29, 0.717) is 0 Å². The number of fused-ring (bicyclic) bond motifs is 2. The first-order valence-electron chi connectivity index (χ1n) is 13.7. The molecule has 12 nitrogen and oxygen atoms in total. The number of anilines is 1. The number of aromatic hydroxyl groups is 2. The van der Waals surface area contributed by atoms with Gasteiger partial charge < -0.3 is 45.7 Å². The van der Waals surface area contributed by atoms with Crippen LogP contribution in [0.2, 0.25) is 0 Å². The van der Waals surface area contributed by atoms with Crippen LogP contribution in [0.25, 0.3) is 0 Å². The van der Waals surface area contributed by atoms with E-state index in [1.54, 1.807) is 13.0 Å². The average molecular weight is 608 g/mol. The lowest BCUT2D eigenvalue weighted by atomic mass is 9.87. The fourth-order valence-corrected chi connectivity index (χ4v) is 4.86. The zero-order chi connectivity index (χ0) is 32.3. The van der Waals surface area contributed by atoms with Gasteiger partial charge in [0.05, 0.1) is 24.5 Å². The largest absolute Gasteiger partial charge is 0.506 e. The van der Waals surface area contributed by atoms with E-state index in [9.17, 15) is 34.4 Å². The number of primary amides is 1. The molecule has 43 heavy (non-hydrogen) atoms. The molecule has 7 N–H and O–H groups in total. The fraction of sp³-hybridized carbons (Fsp3) is 0.500. The van der Waals surface area contributed by atoms with E-state index in [0.717, 1.165) is 12.3 Å². The molecule has 1 heterocycles. The minimum atomic E-state index is -1.16. The summed E-state index contributed by atoms with van der Waals surface area (Å²) in [5.41, 5.74) is 5.75. The van der Waals surface area contributed by atoms with Crippen LogP contribution in [0.5, 0.6) is 11.5 Å². The Bertz CT molecular complexity index is 1250. The summed E-state index contributed by atoms with van der Waals surface area (Å²) in [6.07, 6.45) is 2.23. The Morgan fingerprint density at radius 1 is 1.26 bits per heavy atom. The van der Waals surface area contributed by atoms with E-state index in [2.05, 4.69) is 10.3 Å². The minimum Gasteiger partial charge on any atom is -0.506 e. The number of phenolic OH excluding ortho intramolecular Hbond substituents is 2. The second kappa shape index (κ2) is 16.8. The number of rotatable bonds is 6. The molecule has 0 saturated carbocycles. The standard InChI is InChI=1S/C30H42FN3O9/c1-16-11-20-25(33-10-9-31)22(36)14-21(27(20)38)34-29(39)17(2)7-6-8-23(41-4)28(43-30(32)40)19(15-35)13-18(3)26(37)24(12-16)42-5/h6-8,10,13-14,16,18,23-24,26,28,35-38H,9,11-12,15H2,1-5H3,(H2,32,40)(H,34,39)/t16-,18+,23-,24-,26+,28-/m0/s1. The van der Waals surface area contributed by atoms with Gasteiger partial charge in [0.1, 0.15) is 30.0 Å². The Kier molecular flexibility index (Phi) is 13.8. The number of ether oxygens (including phenoxy) is 3. The number of aliphatic hydroxyl groups is 2. The highest BCUT2D eigenvalue weighted by atomic mass is 19.1. The number of hydrogen-bond donors (Lipinski definition) is 6. The van der Waals surface area contributed by atoms with Crippen molar-refractivity contribution in [1.82, 2.24) is 0 Å². The van der Waals surface area contributed by atoms with Crippen LogP contribution in [0.1, 0.15) is 32.8 Å². The summed E-state index contributed by atoms with van der Waals surface area (Å²) in [6.45, 7) is 3.57. The maximum absolute atomic E-state index is 13.0. The predicted octanol–water partition coefficient (Wildman–Crippen LogP) is 3.20. The highest BCUT2D eigenvalue weighted by molar-refractivity contribution is 6.04. The van der Waals surface area contributed by atoms with Crippen LogP contribution in [0.15, 0.2) is 46.5 Å². The molecule has 0 aliphatic carbocycles. The Labute approximate surface area is 250 Å². The fourth-order valence-electron chi connectivity index (χ4n) is 4.86. The molecule has 6 atom stereocenters. The number of allylic oxidation sites excluding steroid dienone is 2. The molecular weight excluding hydrogens is 565 g/mol. The van der Waals surface area contributed by atoms with Crippen LogP contribution in [0.4, 0.5) is 20.6 Å². The molecule has 2 rings (SSSR count). The molecule has 0 radical (unpaired) electrons. The van der Waals surface area contributed by atoms with E-state index < -0.39 is 55.6 Å². The zero-order valence-electron chi connectivity index (χ0n) is 25.0. The number of carbonyl (C=O) groups is 2. The van der Waals surface area contributed by atoms with Gasteiger partial charge in [0.15, 0.2) is 6.10 Å². The second-order valence-corrected chi connectivity index (χ2v) is 10.4. The average Bonchev–Trinajstić information content (AvgIpc) is 2.96. The molecule has 2 amide bonds. The molecule has 1 aliphatic heterocycles. The van der Waals surface area contributed by atoms with Gasteiger partial charge in [-0.3, -0.25) is 9.79 Å². The van der Waals surface area contributed by atoms with Crippen molar-refractivity contribution in [3.05, 3.63) is 47.1 Å². The van der Waals surface area contributed by atoms with Gasteiger partial charge in [0.25, 0.3) is 5.91 Å². The summed E-state index contributed by atoms with van der Waals surface area (Å²) < 4.78 is 29.3. The molecule has 2 bridgehead atoms. The Morgan fingerprint density at radius 3 is 2.53 bits per heavy atom. The summed E-state index contributed by atoms with van der Waals surface area (Å²) in [7, 11) is 2.78. The molecule has 238 valence electrons. The first-order chi connectivity index (χ1) is 20.4. The quantitative estimate of drug-likeness (QED) is 0.122. The number of halogens is 1. The van der Waals surface area contributed by atoms with Crippen LogP contribution >= 0.6 is 0 Å². The Balaban J connectivity index is 2.72. The van der Waals surface area contributed by atoms with Crippen LogP contribution in [0, 0.1) is 11.8 Å². The van der Waals surface area contributed by atoms with Gasteiger partial charge in [-0.25, -0.2) is 9.18 Å². The topological polar surface area (TPSA) is 193 Å². The third-order valence-corrected chi connectivity index (χ3v) is 7.14. The molecule has 0 saturated heterocycles. The number of aliphatic imine (C=N–C) groups is 1. The minimum absolute atomic E-state index is 0.0504. The van der Waals surface area contributed by atoms with Crippen molar-refractivity contribution in [2.24, 2.45) is 22.6 Å². The number of phenols is 2. The van der Waals surface area contributed by atoms with Crippen LogP contribution in [0.3, 0.4) is 0 Å². The molecule has 1 aliphatic rings. The number of nitrogens with two attached hydrogens (primary N) is 1. The number of amides is 2. The van der Waals surface area contributed by atoms with E-state index in [-0.39, 0.29) is 58.3 Å². The number of carbonyl (C=O) groups excluding carboxylic acids is 2. The van der Waals surface area contributed by atoms with Crippen LogP contribution in [-0.4, -0.2) is 90.6 Å². The van der Waals surface area contributed by atoms with Crippen molar-refractivity contribution >= 4 is 29.6 Å². The highest BCUT2D eigenvalue weighted by Crippen LogP contribution is 2.44. The van der Waals surface area contributed by atoms with E-state index >= 15 is 0 Å². The lowest BCUT2D eigenvalue weighted by molar-refractivity contribution is -0.112. The second-order valence-electron chi connectivity index (χ2n) is 10.4. The maximum atomic E-state index is 13.0. The number of nitrogens with one attached hydrogen (secondary N) is 1. The predicted molar refractivity (Wildman–Crippen MR) is 159 cm³/mol. The van der Waals surface area contributed by atoms with E-state index in [4.69, 9.17) is 19.9 Å². The Hall–Kier alpha value is -3.78. The third kappa shape index (κ3) is 9.61. The third-order valence-electron chi connectivity index (χ3n) is 7.14. The molecule has 1 aromatic rings. The first kappa shape index (κ1) is 35.4. The van der Waals surface area contributed by atoms with Crippen molar-refractivity contribution in [3.8, 4) is 11.5 Å². The molecule has 0 fully saturated rings. The number of methoxy groups -OCH3 is 2. The van der Waals surface area contributed by atoms with Crippen molar-refractivity contribution in [3.63, 3.8) is 0 Å². The lowest BCUT2D eigenvalue weighted by Crippen LogP contribution is -2.38. The summed E-state index contributed by atoms with van der Waals surface area (Å²) in [6, 6.07) is 1.12. The molecular formula is C30H42FN3O9. The summed E-state index contributed by atoms with van der Waals surface area (Å²) in [5, 5.41) is 45.8. The lowest BCUT2D eigenvalue weighted by Gasteiger charge is -2.30. The van der Waals surface area contributed by atoms with Gasteiger partial charge in [0, 0.05) is 43.6 Å². The maximum Gasteiger partial charge on any atom is 0.405 e. The molecule has 0 unspecified atom stereocenters. The van der Waals surface area contributed by atoms with Gasteiger partial charge in [-0.2, -0.15) is 0 Å². The monoisotopic (exact) mass is 607 g/mol. The number of aliphatic hydroxyl groups excluding tert-OH is 2. The summed E-state index contributed by atoms with van der Waals surface area (Å²) in [5.74, 6) is -2.25. The van der Waals surface area contributed by atoms with Crippen molar-refractivity contribution in [2.75, 3.05) is 32.8 Å². The van der Waals surface area contributed by atoms with Gasteiger partial charge in [0.2, 0.25) is 0 Å². The van der Waals surface area contributed by atoms with E-state index in [1.807, 2.05) is 6.92 Å². The molecule has 0 spiro atoms. The SMILES string of the molecule is CO[C@H]1C=CC=C(C)C(=O)Nc2cc(O)c(N=CCF)c(c2O)C[C@H](C)C[C@H](OC)[C@H](O)[C@H](C)C=C(CO)[C@@H]1OC(N)=O. The first-order valence-corrected chi connectivity index (χ1v) is 13.7. The van der Waals surface area contributed by atoms with Gasteiger partial charge >= 0.3 is 6.09 Å². The number of hydrogen-bond acceptors (Lipinski definition) is 10. The Morgan fingerprint density at radius 2 is 1.95 bits per heavy atom. The number of benzene rings is 1. The van der Waals surface area contributed by atoms with Crippen LogP contribution < -0.4 is 11.1 Å². The van der Waals surface area contributed by atoms with Gasteiger partial charge in [-0.1, -0.05) is 38.2 Å². The number of alkyl halides is 1. The summed E-state index contributed by atoms with van der Waals surface area (Å²) >= 11 is 0. The smallest absolute Gasteiger partial charge is 0.405 e. The summed E-state index contributed by atoms with van der Waals surface area (Å²) in [4.78, 5) is 28.7. The normalized spacial score (nSPS) is 26.1. The molecule has 13 heteroatoms. The zero-order valence-corrected chi connectivity index (χ0v) is 25.0. The van der Waals surface area contributed by atoms with Crippen molar-refractivity contribution in [2.45, 2.75) is 58.0 Å². The van der Waals surface area contributed by atoms with Gasteiger partial charge in [-0.15, -0.1) is 0 Å². The number of nitrogens with zero attached hydrogens (tertiary/aromatic N) is 1. The van der Waals surface area contributed by atoms with Crippen molar-refractivity contribution < 1.29 is 48.6 Å².